The Morgan fingerprint density at radius 1 is 1.03 bits per heavy atom. The van der Waals surface area contributed by atoms with E-state index in [1.807, 2.05) is 75.4 Å². The van der Waals surface area contributed by atoms with Gasteiger partial charge in [0.2, 0.25) is 0 Å². The molecule has 0 aromatic heterocycles. The first-order chi connectivity index (χ1) is 17.7. The topological polar surface area (TPSA) is 78.1 Å². The largest absolute Gasteiger partial charge is 0.492 e. The van der Waals surface area contributed by atoms with Crippen molar-refractivity contribution < 1.29 is 14.4 Å². The molecule has 0 radical (unpaired) electrons. The van der Waals surface area contributed by atoms with Crippen molar-refractivity contribution in [2.75, 3.05) is 51.7 Å². The molecular weight excluding hydrogens is 466 g/mol. The number of anilines is 1. The van der Waals surface area contributed by atoms with Crippen LogP contribution in [0.15, 0.2) is 60.4 Å². The van der Waals surface area contributed by atoms with E-state index in [2.05, 4.69) is 44.8 Å². The van der Waals surface area contributed by atoms with Gasteiger partial charge < -0.3 is 25.1 Å². The number of hydroxylamine groups is 1. The van der Waals surface area contributed by atoms with E-state index in [0.717, 1.165) is 55.4 Å². The summed E-state index contributed by atoms with van der Waals surface area (Å²) in [4.78, 5) is 22.6. The van der Waals surface area contributed by atoms with Crippen LogP contribution in [0.25, 0.3) is 0 Å². The number of nitrogens with one attached hydrogen (secondary N) is 3. The summed E-state index contributed by atoms with van der Waals surface area (Å²) in [5.74, 6) is 8.00. The van der Waals surface area contributed by atoms with Crippen molar-refractivity contribution in [1.82, 2.24) is 20.6 Å². The molecule has 2 aliphatic heterocycles. The van der Waals surface area contributed by atoms with Gasteiger partial charge in [-0.1, -0.05) is 32.6 Å². The minimum atomic E-state index is -0.381. The summed E-state index contributed by atoms with van der Waals surface area (Å²) in [6.07, 6.45) is 1.49. The number of hydrogen-bond donors (Lipinski definition) is 3. The van der Waals surface area contributed by atoms with Crippen molar-refractivity contribution in [3.05, 3.63) is 71.5 Å². The Balaban J connectivity index is 1.21. The highest BCUT2D eigenvalue weighted by atomic mass is 16.7. The molecule has 37 heavy (non-hydrogen) atoms. The lowest BCUT2D eigenvalue weighted by atomic mass is 9.94. The Morgan fingerprint density at radius 3 is 2.24 bits per heavy atom. The Morgan fingerprint density at radius 2 is 1.65 bits per heavy atom. The molecule has 2 aromatic carbocycles. The first kappa shape index (κ1) is 26.6. The van der Waals surface area contributed by atoms with E-state index in [9.17, 15) is 4.79 Å². The van der Waals surface area contributed by atoms with Crippen LogP contribution in [0, 0.1) is 17.3 Å². The fourth-order valence-electron chi connectivity index (χ4n) is 3.91. The van der Waals surface area contributed by atoms with Gasteiger partial charge in [-0.3, -0.25) is 4.90 Å². The molecule has 2 heterocycles. The first-order valence-corrected chi connectivity index (χ1v) is 12.7. The summed E-state index contributed by atoms with van der Waals surface area (Å²) in [5, 5.41) is 5.65. The van der Waals surface area contributed by atoms with Gasteiger partial charge >= 0.3 is 6.03 Å². The van der Waals surface area contributed by atoms with Crippen molar-refractivity contribution in [1.29, 1.82) is 0 Å². The molecule has 1 atom stereocenters. The normalized spacial score (nSPS) is 18.3. The lowest BCUT2D eigenvalue weighted by Crippen LogP contribution is -2.45. The average Bonchev–Trinajstić information content (AvgIpc) is 3.35. The molecule has 1 saturated heterocycles. The van der Waals surface area contributed by atoms with Gasteiger partial charge in [0.25, 0.3) is 0 Å². The van der Waals surface area contributed by atoms with Crippen molar-refractivity contribution >= 4 is 11.7 Å². The van der Waals surface area contributed by atoms with E-state index in [1.165, 1.54) is 0 Å². The van der Waals surface area contributed by atoms with Crippen LogP contribution < -0.4 is 20.9 Å². The average molecular weight is 504 g/mol. The number of benzene rings is 2. The van der Waals surface area contributed by atoms with Gasteiger partial charge in [-0.05, 0) is 61.7 Å². The second-order valence-electron chi connectivity index (χ2n) is 10.4. The number of carbonyl (C=O) groups excluding carboxylic acids is 1. The monoisotopic (exact) mass is 503 g/mol. The van der Waals surface area contributed by atoms with Crippen molar-refractivity contribution in [2.45, 2.75) is 26.9 Å². The smallest absolute Gasteiger partial charge is 0.320 e. The predicted octanol–water partition coefficient (Wildman–Crippen LogP) is 3.63. The van der Waals surface area contributed by atoms with Crippen LogP contribution in [0.3, 0.4) is 0 Å². The van der Waals surface area contributed by atoms with Gasteiger partial charge in [-0.15, -0.1) is 5.48 Å². The number of rotatable bonds is 6. The Hall–Kier alpha value is -3.51. The molecule has 1 unspecified atom stereocenters. The summed E-state index contributed by atoms with van der Waals surface area (Å²) < 4.78 is 5.90. The van der Waals surface area contributed by atoms with Crippen LogP contribution in [0.4, 0.5) is 10.5 Å². The van der Waals surface area contributed by atoms with E-state index in [4.69, 9.17) is 9.57 Å². The van der Waals surface area contributed by atoms with Gasteiger partial charge in [0.05, 0.1) is 0 Å². The summed E-state index contributed by atoms with van der Waals surface area (Å²) in [7, 11) is 2.16. The second-order valence-corrected chi connectivity index (χ2v) is 10.4. The third kappa shape index (κ3) is 8.25. The summed E-state index contributed by atoms with van der Waals surface area (Å²) in [6.45, 7) is 12.2. The van der Waals surface area contributed by atoms with Crippen LogP contribution in [-0.4, -0.2) is 68.4 Å². The standard InChI is InChI=1S/C29H37N5O3/c1-29(2,3)26-21-27(32-37-26)31-28(35)30-24-11-7-22(8-12-24)5-6-23-9-13-25(14-10-23)36-20-19-34-17-15-33(4)16-18-34/h7-14,21,27,32H,15-20H2,1-4H3,(H2,30,31,35). The van der Waals surface area contributed by atoms with E-state index >= 15 is 0 Å². The van der Waals surface area contributed by atoms with Gasteiger partial charge in [0, 0.05) is 55.0 Å². The zero-order valence-electron chi connectivity index (χ0n) is 22.1. The molecule has 4 rings (SSSR count). The fourth-order valence-corrected chi connectivity index (χ4v) is 3.91. The molecule has 0 bridgehead atoms. The molecule has 0 saturated carbocycles. The highest BCUT2D eigenvalue weighted by Gasteiger charge is 2.27. The van der Waals surface area contributed by atoms with Crippen LogP contribution in [0.2, 0.25) is 0 Å². The van der Waals surface area contributed by atoms with E-state index in [-0.39, 0.29) is 17.6 Å². The third-order valence-corrected chi connectivity index (χ3v) is 6.26. The molecule has 0 spiro atoms. The Bertz CT molecular complexity index is 1140. The maximum absolute atomic E-state index is 12.3. The van der Waals surface area contributed by atoms with Gasteiger partial charge in [0.15, 0.2) is 0 Å². The third-order valence-electron chi connectivity index (χ3n) is 6.26. The summed E-state index contributed by atoms with van der Waals surface area (Å²) >= 11 is 0. The van der Waals surface area contributed by atoms with Crippen LogP contribution in [-0.2, 0) is 4.84 Å². The van der Waals surface area contributed by atoms with Gasteiger partial charge in [-0.25, -0.2) is 4.79 Å². The predicted molar refractivity (Wildman–Crippen MR) is 146 cm³/mol. The van der Waals surface area contributed by atoms with Gasteiger partial charge in [0.1, 0.15) is 24.3 Å². The molecule has 8 nitrogen and oxygen atoms in total. The van der Waals surface area contributed by atoms with E-state index in [0.29, 0.717) is 12.3 Å². The van der Waals surface area contributed by atoms with E-state index < -0.39 is 0 Å². The number of nitrogens with zero attached hydrogens (tertiary/aromatic N) is 2. The SMILES string of the molecule is CN1CCN(CCOc2ccc(C#Cc3ccc(NC(=O)NC4C=C(C(C)(C)C)ON4)cc3)cc2)CC1. The van der Waals surface area contributed by atoms with Crippen molar-refractivity contribution in [3.63, 3.8) is 0 Å². The molecule has 2 aliphatic rings. The lowest BCUT2D eigenvalue weighted by molar-refractivity contribution is 0.0755. The summed E-state index contributed by atoms with van der Waals surface area (Å²) in [5.41, 5.74) is 5.14. The minimum Gasteiger partial charge on any atom is -0.492 e. The first-order valence-electron chi connectivity index (χ1n) is 12.7. The quantitative estimate of drug-likeness (QED) is 0.523. The number of allylic oxidation sites excluding steroid dienone is 1. The van der Waals surface area contributed by atoms with Crippen LogP contribution in [0.1, 0.15) is 31.9 Å². The van der Waals surface area contributed by atoms with Crippen LogP contribution >= 0.6 is 0 Å². The zero-order chi connectivity index (χ0) is 26.3. The van der Waals surface area contributed by atoms with Crippen molar-refractivity contribution in [2.24, 2.45) is 5.41 Å². The highest BCUT2D eigenvalue weighted by molar-refractivity contribution is 5.89. The maximum atomic E-state index is 12.3. The summed E-state index contributed by atoms with van der Waals surface area (Å²) in [6, 6.07) is 15.0. The number of amides is 2. The Labute approximate surface area is 220 Å². The Kier molecular flexibility index (Phi) is 8.72. The zero-order valence-corrected chi connectivity index (χ0v) is 22.1. The number of carbonyl (C=O) groups is 1. The molecule has 196 valence electrons. The fraction of sp³-hybridized carbons (Fsp3) is 0.414. The molecule has 1 fully saturated rings. The van der Waals surface area contributed by atoms with Crippen molar-refractivity contribution in [3.8, 4) is 17.6 Å². The molecule has 0 aliphatic carbocycles. The number of ether oxygens (including phenoxy) is 1. The van der Waals surface area contributed by atoms with E-state index in [1.54, 1.807) is 0 Å². The molecule has 3 N–H and O–H groups in total. The minimum absolute atomic E-state index is 0.128. The molecule has 2 aromatic rings. The van der Waals surface area contributed by atoms with Crippen LogP contribution in [0.5, 0.6) is 5.75 Å². The number of urea groups is 1. The number of hydrogen-bond acceptors (Lipinski definition) is 6. The highest BCUT2D eigenvalue weighted by Crippen LogP contribution is 2.28. The number of piperazine rings is 1. The molecule has 8 heteroatoms. The molecular formula is C29H37N5O3. The maximum Gasteiger partial charge on any atom is 0.320 e. The lowest BCUT2D eigenvalue weighted by Gasteiger charge is -2.32. The number of likely N-dealkylation sites (N-methyl/N-ethyl adjacent to an activating group) is 1. The molecule has 2 amide bonds. The second kappa shape index (κ2) is 12.2. The van der Waals surface area contributed by atoms with Gasteiger partial charge in [-0.2, -0.15) is 0 Å².